The number of pyridine rings is 1. The van der Waals surface area contributed by atoms with Gasteiger partial charge in [0.1, 0.15) is 5.75 Å². The Hall–Kier alpha value is -6.55. The van der Waals surface area contributed by atoms with Gasteiger partial charge in [0.05, 0.1) is 30.3 Å². The summed E-state index contributed by atoms with van der Waals surface area (Å²) in [4.78, 5) is 45.3. The summed E-state index contributed by atoms with van der Waals surface area (Å²) >= 11 is 1.36. The topological polar surface area (TPSA) is 164 Å². The predicted octanol–water partition coefficient (Wildman–Crippen LogP) is 7.68. The summed E-state index contributed by atoms with van der Waals surface area (Å²) in [5, 5.41) is 39.2. The lowest BCUT2D eigenvalue weighted by Gasteiger charge is -2.33. The fourth-order valence-corrected chi connectivity index (χ4v) is 9.17. The normalized spacial score (nSPS) is 14.8. The van der Waals surface area contributed by atoms with Crippen molar-refractivity contribution in [2.75, 3.05) is 26.2 Å². The number of benzene rings is 5. The second-order valence-corrected chi connectivity index (χ2v) is 17.4. The van der Waals surface area contributed by atoms with Crippen LogP contribution >= 0.6 is 11.3 Å². The van der Waals surface area contributed by atoms with Crippen molar-refractivity contribution >= 4 is 34.1 Å². The lowest BCUT2D eigenvalue weighted by molar-refractivity contribution is -0.164. The summed E-state index contributed by atoms with van der Waals surface area (Å²) in [6, 6.07) is 37.9. The van der Waals surface area contributed by atoms with Gasteiger partial charge in [-0.15, -0.1) is 11.3 Å². The van der Waals surface area contributed by atoms with Gasteiger partial charge in [-0.25, -0.2) is 13.6 Å². The number of halogens is 2. The Bertz CT molecular complexity index is 2850. The van der Waals surface area contributed by atoms with Crippen LogP contribution in [0.5, 0.6) is 5.75 Å². The molecule has 3 heterocycles. The zero-order chi connectivity index (χ0) is 45.5. The molecular formula is C51H48F2N4O7S. The highest BCUT2D eigenvalue weighted by Crippen LogP contribution is 2.36. The number of hydrogen-bond donors (Lipinski definition) is 6. The largest absolute Gasteiger partial charge is 0.506 e. The molecule has 7 aromatic rings. The number of carbonyl (C=O) groups is 2. The van der Waals surface area contributed by atoms with Gasteiger partial charge in [-0.2, -0.15) is 0 Å². The standard InChI is InChI=1S/C51H48F2N4O7S/c52-46-35(27-54-29-43(59)39-17-19-42(58)48-40(39)18-21-45(60)56-48)14-16-41(47(46)53)49(61)55-28-38-15-20-44(65-38)34-10-7-13-37(26-34)51(63,36-11-5-2-6-12-36)50(62)64-31-33-22-24-57(25-23-33)30-32-8-3-1-4-9-32/h1-21,26,33,43,54,58-59,63H,22-25,27-31H2,(H,55,61)(H,56,60). The maximum Gasteiger partial charge on any atom is 0.347 e. The first-order chi connectivity index (χ1) is 31.5. The number of nitrogens with zero attached hydrogens (tertiary/aromatic N) is 1. The molecule has 5 aromatic carbocycles. The van der Waals surface area contributed by atoms with E-state index in [0.717, 1.165) is 47.8 Å². The lowest BCUT2D eigenvalue weighted by atomic mass is 9.85. The summed E-state index contributed by atoms with van der Waals surface area (Å²) in [7, 11) is 0. The Labute approximate surface area is 378 Å². The van der Waals surface area contributed by atoms with Crippen molar-refractivity contribution in [3.05, 3.63) is 194 Å². The summed E-state index contributed by atoms with van der Waals surface area (Å²) in [6.07, 6.45) is 0.636. The number of thiophene rings is 1. The van der Waals surface area contributed by atoms with Crippen LogP contribution in [0.15, 0.2) is 138 Å². The molecule has 2 atom stereocenters. The van der Waals surface area contributed by atoms with Crippen LogP contribution in [0.3, 0.4) is 0 Å². The first-order valence-corrected chi connectivity index (χ1v) is 22.2. The zero-order valence-electron chi connectivity index (χ0n) is 35.3. The van der Waals surface area contributed by atoms with Crippen LogP contribution < -0.4 is 16.2 Å². The van der Waals surface area contributed by atoms with E-state index >= 15 is 8.78 Å². The number of aliphatic hydroxyl groups is 2. The third-order valence-electron chi connectivity index (χ3n) is 11.9. The number of hydrogen-bond acceptors (Lipinski definition) is 10. The number of aromatic amines is 1. The van der Waals surface area contributed by atoms with Crippen molar-refractivity contribution in [3.63, 3.8) is 0 Å². The van der Waals surface area contributed by atoms with Gasteiger partial charge in [-0.1, -0.05) is 91.0 Å². The number of carbonyl (C=O) groups excluding carboxylic acids is 2. The maximum absolute atomic E-state index is 15.3. The first kappa shape index (κ1) is 45.0. The van der Waals surface area contributed by atoms with E-state index in [4.69, 9.17) is 4.74 Å². The van der Waals surface area contributed by atoms with Crippen LogP contribution in [0.2, 0.25) is 0 Å². The van der Waals surface area contributed by atoms with Gasteiger partial charge in [-0.05, 0) is 90.5 Å². The van der Waals surface area contributed by atoms with E-state index in [9.17, 15) is 29.7 Å². The number of rotatable bonds is 16. The van der Waals surface area contributed by atoms with E-state index in [1.165, 1.54) is 53.3 Å². The molecule has 0 saturated carbocycles. The fraction of sp³-hybridized carbons (Fsp3) is 0.235. The SMILES string of the molecule is O=C(NCc1ccc(-c2cccc(C(O)(C(=O)OCC3CCN(Cc4ccccc4)CC3)c3ccccc3)c2)s1)c1ccc(CNCC(O)c2ccc(O)c3[nH]c(=O)ccc23)c(F)c1F. The predicted molar refractivity (Wildman–Crippen MR) is 245 cm³/mol. The van der Waals surface area contributed by atoms with E-state index in [-0.39, 0.29) is 49.0 Å². The van der Waals surface area contributed by atoms with Crippen LogP contribution in [0, 0.1) is 17.6 Å². The van der Waals surface area contributed by atoms with E-state index in [1.54, 1.807) is 48.5 Å². The Morgan fingerprint density at radius 3 is 2.35 bits per heavy atom. The first-order valence-electron chi connectivity index (χ1n) is 21.4. The molecule has 2 unspecified atom stereocenters. The molecule has 1 fully saturated rings. The summed E-state index contributed by atoms with van der Waals surface area (Å²) in [5.41, 5.74) is 0.248. The molecule has 0 spiro atoms. The number of esters is 1. The van der Waals surface area contributed by atoms with Crippen molar-refractivity contribution in [3.8, 4) is 16.2 Å². The molecule has 1 aliphatic heterocycles. The molecule has 65 heavy (non-hydrogen) atoms. The van der Waals surface area contributed by atoms with Gasteiger partial charge < -0.3 is 35.7 Å². The number of aromatic hydroxyl groups is 1. The number of phenolic OH excluding ortho intramolecular Hbond substituents is 1. The fourth-order valence-electron chi connectivity index (χ4n) is 8.23. The van der Waals surface area contributed by atoms with E-state index in [2.05, 4.69) is 32.7 Å². The molecule has 0 radical (unpaired) electrons. The molecule has 0 bridgehead atoms. The quantitative estimate of drug-likeness (QED) is 0.0534. The van der Waals surface area contributed by atoms with Crippen LogP contribution in [-0.2, 0) is 34.8 Å². The van der Waals surface area contributed by atoms with Crippen LogP contribution in [-0.4, -0.2) is 63.3 Å². The molecule has 2 aromatic heterocycles. The van der Waals surface area contributed by atoms with Crippen molar-refractivity contribution in [2.24, 2.45) is 5.92 Å². The zero-order valence-corrected chi connectivity index (χ0v) is 36.1. The molecule has 334 valence electrons. The maximum atomic E-state index is 15.3. The summed E-state index contributed by atoms with van der Waals surface area (Å²) in [6.45, 7) is 2.65. The second-order valence-electron chi connectivity index (χ2n) is 16.2. The molecule has 11 nitrogen and oxygen atoms in total. The van der Waals surface area contributed by atoms with E-state index in [1.807, 2.05) is 36.4 Å². The van der Waals surface area contributed by atoms with Crippen molar-refractivity contribution in [1.29, 1.82) is 0 Å². The number of ether oxygens (including phenoxy) is 1. The van der Waals surface area contributed by atoms with Crippen LogP contribution in [0.25, 0.3) is 21.3 Å². The number of amides is 1. The molecule has 1 aliphatic rings. The Morgan fingerprint density at radius 1 is 0.846 bits per heavy atom. The Balaban J connectivity index is 0.874. The number of likely N-dealkylation sites (tertiary alicyclic amines) is 1. The van der Waals surface area contributed by atoms with Crippen LogP contribution in [0.1, 0.15) is 62.0 Å². The summed E-state index contributed by atoms with van der Waals surface area (Å²) < 4.78 is 36.4. The number of aliphatic hydroxyl groups excluding tert-OH is 1. The smallest absolute Gasteiger partial charge is 0.347 e. The van der Waals surface area contributed by atoms with Gasteiger partial charge >= 0.3 is 5.97 Å². The molecular weight excluding hydrogens is 851 g/mol. The Morgan fingerprint density at radius 2 is 1.58 bits per heavy atom. The average molecular weight is 899 g/mol. The number of phenols is 1. The third-order valence-corrected chi connectivity index (χ3v) is 13.0. The van der Waals surface area contributed by atoms with Gasteiger partial charge in [0.25, 0.3) is 5.91 Å². The minimum atomic E-state index is -2.09. The highest BCUT2D eigenvalue weighted by Gasteiger charge is 2.42. The molecule has 6 N–H and O–H groups in total. The van der Waals surface area contributed by atoms with E-state index in [0.29, 0.717) is 22.1 Å². The molecule has 14 heteroatoms. The van der Waals surface area contributed by atoms with Crippen molar-refractivity contribution in [1.82, 2.24) is 20.5 Å². The molecule has 8 rings (SSSR count). The lowest BCUT2D eigenvalue weighted by Crippen LogP contribution is -2.40. The minimum Gasteiger partial charge on any atom is -0.506 e. The van der Waals surface area contributed by atoms with Crippen molar-refractivity contribution < 1.29 is 38.4 Å². The van der Waals surface area contributed by atoms with Crippen LogP contribution in [0.4, 0.5) is 8.78 Å². The highest BCUT2D eigenvalue weighted by atomic mass is 32.1. The summed E-state index contributed by atoms with van der Waals surface area (Å²) in [5.74, 6) is -4.07. The molecule has 1 amide bonds. The minimum absolute atomic E-state index is 0.0245. The van der Waals surface area contributed by atoms with Gasteiger partial charge in [0.15, 0.2) is 11.6 Å². The number of H-pyrrole nitrogens is 1. The van der Waals surface area contributed by atoms with E-state index < -0.39 is 46.3 Å². The number of aromatic nitrogens is 1. The molecule has 1 saturated heterocycles. The number of nitrogens with one attached hydrogen (secondary N) is 3. The number of piperidine rings is 1. The van der Waals surface area contributed by atoms with Gasteiger partial charge in [0, 0.05) is 52.0 Å². The van der Waals surface area contributed by atoms with Gasteiger partial charge in [0.2, 0.25) is 11.2 Å². The second kappa shape index (κ2) is 20.1. The average Bonchev–Trinajstić information content (AvgIpc) is 3.82. The third kappa shape index (κ3) is 10.2. The highest BCUT2D eigenvalue weighted by molar-refractivity contribution is 7.15. The van der Waals surface area contributed by atoms with Crippen molar-refractivity contribution in [2.45, 2.75) is 44.2 Å². The van der Waals surface area contributed by atoms with Gasteiger partial charge in [-0.3, -0.25) is 14.5 Å². The Kier molecular flexibility index (Phi) is 13.9. The monoisotopic (exact) mass is 898 g/mol. The molecule has 0 aliphatic carbocycles. The number of fused-ring (bicyclic) bond motifs is 1.